The average molecular weight is 441 g/mol. The van der Waals surface area contributed by atoms with Crippen LogP contribution in [0.15, 0.2) is 58.2 Å². The molecule has 0 radical (unpaired) electrons. The normalized spacial score (nSPS) is 10.9. The minimum atomic E-state index is -0.281. The third kappa shape index (κ3) is 4.37. The number of carbonyl (C=O) groups excluding carboxylic acids is 1. The molecule has 0 aliphatic heterocycles. The number of thioether (sulfide) groups is 1. The highest BCUT2D eigenvalue weighted by Crippen LogP contribution is 2.30. The number of aryl methyl sites for hydroxylation is 2. The molecule has 30 heavy (non-hydrogen) atoms. The highest BCUT2D eigenvalue weighted by Gasteiger charge is 2.19. The molecule has 8 nitrogen and oxygen atoms in total. The van der Waals surface area contributed by atoms with Gasteiger partial charge in [-0.05, 0) is 49.7 Å². The Labute approximate surface area is 181 Å². The highest BCUT2D eigenvalue weighted by atomic mass is 35.5. The number of benzene rings is 2. The van der Waals surface area contributed by atoms with Crippen molar-refractivity contribution in [2.75, 3.05) is 11.1 Å². The van der Waals surface area contributed by atoms with Gasteiger partial charge in [0.15, 0.2) is 16.8 Å². The number of halogens is 1. The van der Waals surface area contributed by atoms with Gasteiger partial charge in [-0.2, -0.15) is 4.98 Å². The molecule has 152 valence electrons. The van der Waals surface area contributed by atoms with Crippen molar-refractivity contribution in [2.24, 2.45) is 0 Å². The summed E-state index contributed by atoms with van der Waals surface area (Å²) in [6.45, 7) is 3.69. The first kappa shape index (κ1) is 20.1. The van der Waals surface area contributed by atoms with Crippen molar-refractivity contribution in [3.63, 3.8) is 0 Å². The lowest BCUT2D eigenvalue weighted by molar-refractivity contribution is -0.114. The summed E-state index contributed by atoms with van der Waals surface area (Å²) in [5.41, 5.74) is 2.86. The van der Waals surface area contributed by atoms with E-state index in [-0.39, 0.29) is 17.7 Å². The molecule has 0 fully saturated rings. The van der Waals surface area contributed by atoms with Gasteiger partial charge in [0.1, 0.15) is 0 Å². The van der Waals surface area contributed by atoms with E-state index in [2.05, 4.69) is 25.7 Å². The van der Waals surface area contributed by atoms with Crippen molar-refractivity contribution in [1.29, 1.82) is 0 Å². The summed E-state index contributed by atoms with van der Waals surface area (Å²) in [5.74, 6) is 0.934. The van der Waals surface area contributed by atoms with E-state index in [1.54, 1.807) is 19.1 Å². The monoisotopic (exact) mass is 440 g/mol. The molecule has 0 aliphatic carbocycles. The van der Waals surface area contributed by atoms with Gasteiger partial charge in [0.2, 0.25) is 5.91 Å². The molecule has 0 atom stereocenters. The largest absolute Gasteiger partial charge is 0.328 e. The summed E-state index contributed by atoms with van der Waals surface area (Å²) in [5, 5.41) is 16.2. The van der Waals surface area contributed by atoms with Crippen molar-refractivity contribution in [1.82, 2.24) is 24.9 Å². The van der Waals surface area contributed by atoms with Gasteiger partial charge in [0.05, 0.1) is 11.4 Å². The molecule has 2 aromatic heterocycles. The third-order valence-corrected chi connectivity index (χ3v) is 5.38. The van der Waals surface area contributed by atoms with E-state index in [4.69, 9.17) is 16.1 Å². The molecule has 0 unspecified atom stereocenters. The standard InChI is InChI=1S/C20H17ClN6O2S/c1-12-5-3-4-6-16(12)27-18(14-7-9-15(21)10-8-14)24-25-20(27)30-11-17(28)23-19-22-13(2)26-29-19/h3-10H,11H2,1-2H3,(H,22,23,26,28). The number of para-hydroxylation sites is 1. The van der Waals surface area contributed by atoms with Crippen molar-refractivity contribution < 1.29 is 9.32 Å². The Bertz CT molecular complexity index is 1190. The fourth-order valence-corrected chi connectivity index (χ4v) is 3.68. The Kier molecular flexibility index (Phi) is 5.82. The first-order chi connectivity index (χ1) is 14.5. The Hall–Kier alpha value is -3.17. The second-order valence-electron chi connectivity index (χ2n) is 6.42. The molecule has 10 heteroatoms. The lowest BCUT2D eigenvalue weighted by Gasteiger charge is -2.12. The number of hydrogen-bond donors (Lipinski definition) is 1. The fourth-order valence-electron chi connectivity index (χ4n) is 2.81. The fraction of sp³-hybridized carbons (Fsp3) is 0.150. The van der Waals surface area contributed by atoms with Crippen molar-refractivity contribution >= 4 is 35.3 Å². The molecule has 0 saturated heterocycles. The van der Waals surface area contributed by atoms with Crippen LogP contribution in [0, 0.1) is 13.8 Å². The molecular weight excluding hydrogens is 424 g/mol. The zero-order valence-electron chi connectivity index (χ0n) is 16.2. The maximum atomic E-state index is 12.3. The smallest absolute Gasteiger partial charge is 0.315 e. The van der Waals surface area contributed by atoms with Gasteiger partial charge in [0.25, 0.3) is 0 Å². The molecule has 2 aromatic carbocycles. The molecule has 2 heterocycles. The molecule has 1 N–H and O–H groups in total. The van der Waals surface area contributed by atoms with Crippen LogP contribution in [0.4, 0.5) is 6.01 Å². The zero-order valence-corrected chi connectivity index (χ0v) is 17.7. The molecule has 0 spiro atoms. The molecule has 1 amide bonds. The van der Waals surface area contributed by atoms with E-state index < -0.39 is 0 Å². The van der Waals surface area contributed by atoms with E-state index >= 15 is 0 Å². The number of aromatic nitrogens is 5. The van der Waals surface area contributed by atoms with Crippen molar-refractivity contribution in [2.45, 2.75) is 19.0 Å². The lowest BCUT2D eigenvalue weighted by Crippen LogP contribution is -2.15. The van der Waals surface area contributed by atoms with Gasteiger partial charge in [-0.25, -0.2) is 0 Å². The van der Waals surface area contributed by atoms with Crippen LogP contribution in [0.1, 0.15) is 11.4 Å². The van der Waals surface area contributed by atoms with Crippen molar-refractivity contribution in [3.8, 4) is 17.1 Å². The minimum Gasteiger partial charge on any atom is -0.315 e. The predicted molar refractivity (Wildman–Crippen MR) is 115 cm³/mol. The molecule has 4 aromatic rings. The summed E-state index contributed by atoms with van der Waals surface area (Å²) in [6, 6.07) is 15.4. The molecule has 0 aliphatic rings. The van der Waals surface area contributed by atoms with E-state index in [0.717, 1.165) is 16.8 Å². The minimum absolute atomic E-state index is 0.0697. The number of hydrogen-bond acceptors (Lipinski definition) is 7. The Morgan fingerprint density at radius 3 is 2.60 bits per heavy atom. The van der Waals surface area contributed by atoms with Gasteiger partial charge in [-0.15, -0.1) is 10.2 Å². The van der Waals surface area contributed by atoms with Crippen LogP contribution in [-0.2, 0) is 4.79 Å². The number of nitrogens with one attached hydrogen (secondary N) is 1. The Morgan fingerprint density at radius 2 is 1.90 bits per heavy atom. The van der Waals surface area contributed by atoms with Crippen LogP contribution in [0.2, 0.25) is 5.02 Å². The molecular formula is C20H17ClN6O2S. The number of nitrogens with zero attached hydrogens (tertiary/aromatic N) is 5. The maximum Gasteiger partial charge on any atom is 0.328 e. The Morgan fingerprint density at radius 1 is 1.13 bits per heavy atom. The molecule has 4 rings (SSSR count). The van der Waals surface area contributed by atoms with Gasteiger partial charge >= 0.3 is 6.01 Å². The van der Waals surface area contributed by atoms with Crippen LogP contribution in [0.25, 0.3) is 17.1 Å². The second-order valence-corrected chi connectivity index (χ2v) is 7.80. The first-order valence-corrected chi connectivity index (χ1v) is 10.4. The molecule has 0 bridgehead atoms. The SMILES string of the molecule is Cc1noc(NC(=O)CSc2nnc(-c3ccc(Cl)cc3)n2-c2ccccc2C)n1. The number of carbonyl (C=O) groups is 1. The Balaban J connectivity index is 1.63. The van der Waals surface area contributed by atoms with Crippen LogP contribution in [0.3, 0.4) is 0 Å². The van der Waals surface area contributed by atoms with Gasteiger partial charge in [-0.1, -0.05) is 46.7 Å². The quantitative estimate of drug-likeness (QED) is 0.446. The summed E-state index contributed by atoms with van der Waals surface area (Å²) in [6.07, 6.45) is 0. The third-order valence-electron chi connectivity index (χ3n) is 4.20. The number of rotatable bonds is 6. The second kappa shape index (κ2) is 8.68. The maximum absolute atomic E-state index is 12.3. The van der Waals surface area contributed by atoms with E-state index in [1.807, 2.05) is 47.9 Å². The van der Waals surface area contributed by atoms with Crippen LogP contribution >= 0.6 is 23.4 Å². The number of anilines is 1. The van der Waals surface area contributed by atoms with Crippen LogP contribution in [0.5, 0.6) is 0 Å². The molecule has 0 saturated carbocycles. The highest BCUT2D eigenvalue weighted by molar-refractivity contribution is 7.99. The van der Waals surface area contributed by atoms with E-state index in [9.17, 15) is 4.79 Å². The van der Waals surface area contributed by atoms with Crippen LogP contribution in [-0.4, -0.2) is 36.6 Å². The van der Waals surface area contributed by atoms with E-state index in [1.165, 1.54) is 11.8 Å². The predicted octanol–water partition coefficient (Wildman–Crippen LogP) is 4.32. The zero-order chi connectivity index (χ0) is 21.1. The summed E-state index contributed by atoms with van der Waals surface area (Å²) >= 11 is 7.30. The van der Waals surface area contributed by atoms with Gasteiger partial charge in [0, 0.05) is 10.6 Å². The summed E-state index contributed by atoms with van der Waals surface area (Å²) < 4.78 is 6.86. The van der Waals surface area contributed by atoms with Crippen molar-refractivity contribution in [3.05, 3.63) is 64.9 Å². The van der Waals surface area contributed by atoms with Crippen LogP contribution < -0.4 is 5.32 Å². The number of amides is 1. The topological polar surface area (TPSA) is 98.7 Å². The van der Waals surface area contributed by atoms with Gasteiger partial charge < -0.3 is 4.52 Å². The van der Waals surface area contributed by atoms with Gasteiger partial charge in [-0.3, -0.25) is 14.7 Å². The average Bonchev–Trinajstić information content (AvgIpc) is 3.33. The lowest BCUT2D eigenvalue weighted by atomic mass is 10.1. The first-order valence-electron chi connectivity index (χ1n) is 9.01. The summed E-state index contributed by atoms with van der Waals surface area (Å²) in [7, 11) is 0. The summed E-state index contributed by atoms with van der Waals surface area (Å²) in [4.78, 5) is 16.3. The van der Waals surface area contributed by atoms with E-state index in [0.29, 0.717) is 21.8 Å².